The standard InChI is InChI=1S/C10H9F4/c1-2-4-7-5-3-6-8(11)9(7)10(12,13)14/h3,5-6H,1-2,4H2. The molecular formula is C10H9F4. The molecule has 1 aromatic carbocycles. The minimum absolute atomic E-state index is 0.0347. The Hall–Kier alpha value is -1.06. The molecule has 4 heteroatoms. The smallest absolute Gasteiger partial charge is 0.206 e. The van der Waals surface area contributed by atoms with E-state index in [0.29, 0.717) is 6.42 Å². The Morgan fingerprint density at radius 3 is 2.36 bits per heavy atom. The third-order valence-electron chi connectivity index (χ3n) is 1.83. The predicted octanol–water partition coefficient (Wildman–Crippen LogP) is 3.61. The Balaban J connectivity index is 3.22. The zero-order chi connectivity index (χ0) is 10.8. The number of aryl methyl sites for hydroxylation is 1. The molecule has 0 nitrogen and oxygen atoms in total. The monoisotopic (exact) mass is 205 g/mol. The van der Waals surface area contributed by atoms with Gasteiger partial charge in [0.15, 0.2) is 0 Å². The van der Waals surface area contributed by atoms with Crippen LogP contribution in [-0.4, -0.2) is 0 Å². The number of halogens is 4. The minimum Gasteiger partial charge on any atom is -0.206 e. The summed E-state index contributed by atoms with van der Waals surface area (Å²) in [5.74, 6) is -1.22. The van der Waals surface area contributed by atoms with Gasteiger partial charge in [-0.1, -0.05) is 19.1 Å². The highest BCUT2D eigenvalue weighted by atomic mass is 19.4. The summed E-state index contributed by atoms with van der Waals surface area (Å²) < 4.78 is 50.0. The second kappa shape index (κ2) is 3.98. The maximum absolute atomic E-state index is 12.9. The van der Waals surface area contributed by atoms with Gasteiger partial charge >= 0.3 is 6.18 Å². The van der Waals surface area contributed by atoms with Crippen molar-refractivity contribution in [1.29, 1.82) is 0 Å². The first kappa shape index (κ1) is 11.0. The van der Waals surface area contributed by atoms with Gasteiger partial charge in [0, 0.05) is 0 Å². The Morgan fingerprint density at radius 2 is 1.86 bits per heavy atom. The number of alkyl halides is 3. The summed E-state index contributed by atoms with van der Waals surface area (Å²) in [7, 11) is 0. The molecule has 0 aromatic heterocycles. The fourth-order valence-corrected chi connectivity index (χ4v) is 1.29. The molecule has 1 aromatic rings. The second-order valence-corrected chi connectivity index (χ2v) is 2.88. The first-order chi connectivity index (χ1) is 6.46. The Kier molecular flexibility index (Phi) is 3.13. The van der Waals surface area contributed by atoms with E-state index < -0.39 is 17.6 Å². The predicted molar refractivity (Wildman–Crippen MR) is 45.1 cm³/mol. The molecule has 0 saturated carbocycles. The Morgan fingerprint density at radius 1 is 1.21 bits per heavy atom. The van der Waals surface area contributed by atoms with Crippen molar-refractivity contribution >= 4 is 0 Å². The van der Waals surface area contributed by atoms with Crippen LogP contribution in [0, 0.1) is 12.7 Å². The normalized spacial score (nSPS) is 11.8. The van der Waals surface area contributed by atoms with Crippen LogP contribution in [0.2, 0.25) is 0 Å². The second-order valence-electron chi connectivity index (χ2n) is 2.88. The van der Waals surface area contributed by atoms with Gasteiger partial charge in [0.25, 0.3) is 0 Å². The van der Waals surface area contributed by atoms with Crippen molar-refractivity contribution in [3.05, 3.63) is 42.1 Å². The molecule has 0 bridgehead atoms. The van der Waals surface area contributed by atoms with E-state index in [1.165, 1.54) is 12.1 Å². The molecule has 0 amide bonds. The van der Waals surface area contributed by atoms with Gasteiger partial charge in [-0.15, -0.1) is 0 Å². The summed E-state index contributed by atoms with van der Waals surface area (Å²) in [6.45, 7) is 3.44. The van der Waals surface area contributed by atoms with E-state index in [4.69, 9.17) is 0 Å². The topological polar surface area (TPSA) is 0 Å². The summed E-state index contributed by atoms with van der Waals surface area (Å²) in [4.78, 5) is 0. The lowest BCUT2D eigenvalue weighted by Crippen LogP contribution is -2.12. The van der Waals surface area contributed by atoms with Crippen molar-refractivity contribution in [1.82, 2.24) is 0 Å². The maximum Gasteiger partial charge on any atom is 0.419 e. The van der Waals surface area contributed by atoms with Crippen LogP contribution in [0.5, 0.6) is 0 Å². The van der Waals surface area contributed by atoms with Gasteiger partial charge < -0.3 is 0 Å². The quantitative estimate of drug-likeness (QED) is 0.647. The van der Waals surface area contributed by atoms with Crippen molar-refractivity contribution < 1.29 is 17.6 Å². The van der Waals surface area contributed by atoms with E-state index in [1.807, 2.05) is 0 Å². The van der Waals surface area contributed by atoms with E-state index in [0.717, 1.165) is 6.07 Å². The van der Waals surface area contributed by atoms with Crippen LogP contribution >= 0.6 is 0 Å². The number of hydrogen-bond donors (Lipinski definition) is 0. The Labute approximate surface area is 79.6 Å². The average molecular weight is 205 g/mol. The molecule has 0 unspecified atom stereocenters. The summed E-state index contributed by atoms with van der Waals surface area (Å²) >= 11 is 0. The van der Waals surface area contributed by atoms with E-state index >= 15 is 0 Å². The van der Waals surface area contributed by atoms with Crippen molar-refractivity contribution in [3.63, 3.8) is 0 Å². The van der Waals surface area contributed by atoms with Crippen LogP contribution in [-0.2, 0) is 12.6 Å². The number of hydrogen-bond acceptors (Lipinski definition) is 0. The van der Waals surface area contributed by atoms with Gasteiger partial charge in [-0.3, -0.25) is 0 Å². The summed E-state index contributed by atoms with van der Waals surface area (Å²) in [6, 6.07) is 3.36. The Bertz CT molecular complexity index is 314. The number of benzene rings is 1. The van der Waals surface area contributed by atoms with Crippen LogP contribution in [0.15, 0.2) is 18.2 Å². The molecule has 1 radical (unpaired) electrons. The molecule has 0 saturated heterocycles. The lowest BCUT2D eigenvalue weighted by molar-refractivity contribution is -0.140. The van der Waals surface area contributed by atoms with Gasteiger partial charge in [-0.2, -0.15) is 13.2 Å². The first-order valence-electron chi connectivity index (χ1n) is 4.10. The van der Waals surface area contributed by atoms with Crippen molar-refractivity contribution in [2.24, 2.45) is 0 Å². The molecule has 77 valence electrons. The van der Waals surface area contributed by atoms with Crippen LogP contribution in [0.1, 0.15) is 17.5 Å². The average Bonchev–Trinajstić information content (AvgIpc) is 2.02. The molecule has 0 aliphatic carbocycles. The van der Waals surface area contributed by atoms with E-state index in [1.54, 1.807) is 0 Å². The molecule has 0 aliphatic rings. The fourth-order valence-electron chi connectivity index (χ4n) is 1.29. The first-order valence-corrected chi connectivity index (χ1v) is 4.10. The highest BCUT2D eigenvalue weighted by Gasteiger charge is 2.36. The van der Waals surface area contributed by atoms with E-state index in [-0.39, 0.29) is 12.0 Å². The third-order valence-corrected chi connectivity index (χ3v) is 1.83. The van der Waals surface area contributed by atoms with Gasteiger partial charge in [-0.05, 0) is 24.5 Å². The number of rotatable bonds is 2. The van der Waals surface area contributed by atoms with Crippen LogP contribution < -0.4 is 0 Å². The summed E-state index contributed by atoms with van der Waals surface area (Å²) in [6.07, 6.45) is -4.19. The third kappa shape index (κ3) is 2.25. The van der Waals surface area contributed by atoms with Crippen molar-refractivity contribution in [3.8, 4) is 0 Å². The summed E-state index contributed by atoms with van der Waals surface area (Å²) in [5.41, 5.74) is -1.20. The minimum atomic E-state index is -4.63. The SMILES string of the molecule is [CH2]CCc1cccc(F)c1C(F)(F)F. The van der Waals surface area contributed by atoms with Crippen LogP contribution in [0.3, 0.4) is 0 Å². The zero-order valence-electron chi connectivity index (χ0n) is 7.37. The van der Waals surface area contributed by atoms with Crippen molar-refractivity contribution in [2.45, 2.75) is 19.0 Å². The summed E-state index contributed by atoms with van der Waals surface area (Å²) in [5, 5.41) is 0. The van der Waals surface area contributed by atoms with Gasteiger partial charge in [0.1, 0.15) is 5.82 Å². The molecule has 0 heterocycles. The molecule has 0 fully saturated rings. The van der Waals surface area contributed by atoms with Gasteiger partial charge in [-0.25, -0.2) is 4.39 Å². The largest absolute Gasteiger partial charge is 0.419 e. The highest BCUT2D eigenvalue weighted by Crippen LogP contribution is 2.34. The molecule has 1 rings (SSSR count). The van der Waals surface area contributed by atoms with Crippen molar-refractivity contribution in [2.75, 3.05) is 0 Å². The highest BCUT2D eigenvalue weighted by molar-refractivity contribution is 5.31. The molecule has 0 aliphatic heterocycles. The molecule has 0 atom stereocenters. The maximum atomic E-state index is 12.9. The molecule has 0 N–H and O–H groups in total. The van der Waals surface area contributed by atoms with Gasteiger partial charge in [0.2, 0.25) is 0 Å². The molecular weight excluding hydrogens is 196 g/mol. The molecule has 0 spiro atoms. The lowest BCUT2D eigenvalue weighted by Gasteiger charge is -2.12. The zero-order valence-corrected chi connectivity index (χ0v) is 7.37. The van der Waals surface area contributed by atoms with E-state index in [9.17, 15) is 17.6 Å². The fraction of sp³-hybridized carbons (Fsp3) is 0.300. The van der Waals surface area contributed by atoms with Crippen LogP contribution in [0.25, 0.3) is 0 Å². The lowest BCUT2D eigenvalue weighted by atomic mass is 10.0. The van der Waals surface area contributed by atoms with Gasteiger partial charge in [0.05, 0.1) is 5.56 Å². The molecule has 14 heavy (non-hydrogen) atoms. The van der Waals surface area contributed by atoms with E-state index in [2.05, 4.69) is 6.92 Å². The van der Waals surface area contributed by atoms with Crippen LogP contribution in [0.4, 0.5) is 17.6 Å².